The molecule has 18 heavy (non-hydrogen) atoms. The number of phenolic OH excluding ortho intramolecular Hbond substituents is 1. The summed E-state index contributed by atoms with van der Waals surface area (Å²) in [6.45, 7) is 3.20. The van der Waals surface area contributed by atoms with Gasteiger partial charge in [-0.3, -0.25) is 4.79 Å². The Morgan fingerprint density at radius 1 is 1.28 bits per heavy atom. The van der Waals surface area contributed by atoms with Gasteiger partial charge in [-0.05, 0) is 44.0 Å². The molecule has 4 N–H and O–H groups in total. The Labute approximate surface area is 108 Å². The zero-order chi connectivity index (χ0) is 13.4. The summed E-state index contributed by atoms with van der Waals surface area (Å²) in [4.78, 5) is 11.8. The number of rotatable bonds is 7. The van der Waals surface area contributed by atoms with Crippen molar-refractivity contribution >= 4 is 5.91 Å². The van der Waals surface area contributed by atoms with E-state index in [1.165, 1.54) is 6.07 Å². The molecule has 1 aromatic rings. The van der Waals surface area contributed by atoms with Crippen LogP contribution in [0.3, 0.4) is 0 Å². The van der Waals surface area contributed by atoms with Gasteiger partial charge in [0.1, 0.15) is 5.75 Å². The van der Waals surface area contributed by atoms with Gasteiger partial charge in [0.05, 0.1) is 0 Å². The van der Waals surface area contributed by atoms with Crippen LogP contribution in [0.15, 0.2) is 18.2 Å². The second kappa shape index (κ2) is 7.71. The van der Waals surface area contributed by atoms with Crippen molar-refractivity contribution in [3.63, 3.8) is 0 Å². The van der Waals surface area contributed by atoms with Gasteiger partial charge in [0, 0.05) is 12.1 Å². The number of carbonyl (C=O) groups is 1. The number of aromatic hydroxyl groups is 1. The quantitative estimate of drug-likeness (QED) is 0.647. The molecule has 4 heteroatoms. The minimum Gasteiger partial charge on any atom is -0.508 e. The van der Waals surface area contributed by atoms with Crippen molar-refractivity contribution in [1.82, 2.24) is 5.32 Å². The first-order chi connectivity index (χ1) is 8.65. The summed E-state index contributed by atoms with van der Waals surface area (Å²) in [7, 11) is 0. The van der Waals surface area contributed by atoms with Gasteiger partial charge in [0.2, 0.25) is 0 Å². The largest absolute Gasteiger partial charge is 0.508 e. The van der Waals surface area contributed by atoms with Crippen LogP contribution in [0.1, 0.15) is 41.6 Å². The van der Waals surface area contributed by atoms with Crippen LogP contribution in [0.2, 0.25) is 0 Å². The van der Waals surface area contributed by atoms with E-state index < -0.39 is 0 Å². The van der Waals surface area contributed by atoms with Crippen LogP contribution in [0.4, 0.5) is 0 Å². The standard InChI is InChI=1S/C14H22N2O2/c1-11-6-7-12(10-13(11)17)14(18)16-9-5-3-2-4-8-15/h6-7,10,17H,2-5,8-9,15H2,1H3,(H,16,18). The van der Waals surface area contributed by atoms with Crippen molar-refractivity contribution in [2.45, 2.75) is 32.6 Å². The maximum atomic E-state index is 11.8. The van der Waals surface area contributed by atoms with Gasteiger partial charge in [-0.2, -0.15) is 0 Å². The molecule has 4 nitrogen and oxygen atoms in total. The van der Waals surface area contributed by atoms with E-state index in [4.69, 9.17) is 5.73 Å². The number of unbranched alkanes of at least 4 members (excludes halogenated alkanes) is 3. The van der Waals surface area contributed by atoms with Crippen LogP contribution in [-0.4, -0.2) is 24.1 Å². The molecule has 0 radical (unpaired) electrons. The molecule has 0 spiro atoms. The highest BCUT2D eigenvalue weighted by molar-refractivity contribution is 5.94. The highest BCUT2D eigenvalue weighted by Crippen LogP contribution is 2.17. The summed E-state index contributed by atoms with van der Waals surface area (Å²) in [5.41, 5.74) is 6.67. The topological polar surface area (TPSA) is 75.4 Å². The molecular weight excluding hydrogens is 228 g/mol. The lowest BCUT2D eigenvalue weighted by Gasteiger charge is -2.06. The first kappa shape index (κ1) is 14.5. The van der Waals surface area contributed by atoms with Gasteiger partial charge in [0.15, 0.2) is 0 Å². The molecule has 0 saturated carbocycles. The van der Waals surface area contributed by atoms with Crippen molar-refractivity contribution < 1.29 is 9.90 Å². The van der Waals surface area contributed by atoms with Gasteiger partial charge in [0.25, 0.3) is 5.91 Å². The lowest BCUT2D eigenvalue weighted by atomic mass is 10.1. The van der Waals surface area contributed by atoms with Crippen LogP contribution in [0.25, 0.3) is 0 Å². The van der Waals surface area contributed by atoms with E-state index in [1.807, 2.05) is 0 Å². The molecule has 0 aromatic heterocycles. The smallest absolute Gasteiger partial charge is 0.251 e. The lowest BCUT2D eigenvalue weighted by molar-refractivity contribution is 0.0952. The summed E-state index contributed by atoms with van der Waals surface area (Å²) in [5, 5.41) is 12.4. The van der Waals surface area contributed by atoms with Crippen LogP contribution >= 0.6 is 0 Å². The Balaban J connectivity index is 2.30. The zero-order valence-corrected chi connectivity index (χ0v) is 10.9. The normalized spacial score (nSPS) is 10.3. The number of hydrogen-bond acceptors (Lipinski definition) is 3. The number of phenols is 1. The van der Waals surface area contributed by atoms with E-state index in [1.54, 1.807) is 19.1 Å². The monoisotopic (exact) mass is 250 g/mol. The number of benzene rings is 1. The summed E-state index contributed by atoms with van der Waals surface area (Å²) in [5.74, 6) is 0.0229. The van der Waals surface area contributed by atoms with Crippen molar-refractivity contribution in [3.8, 4) is 5.75 Å². The van der Waals surface area contributed by atoms with E-state index in [-0.39, 0.29) is 11.7 Å². The fourth-order valence-corrected chi connectivity index (χ4v) is 1.68. The third-order valence-corrected chi connectivity index (χ3v) is 2.89. The van der Waals surface area contributed by atoms with Gasteiger partial charge in [-0.25, -0.2) is 0 Å². The first-order valence-corrected chi connectivity index (χ1v) is 6.43. The highest BCUT2D eigenvalue weighted by atomic mass is 16.3. The summed E-state index contributed by atoms with van der Waals surface area (Å²) in [6.07, 6.45) is 4.19. The van der Waals surface area contributed by atoms with E-state index in [0.717, 1.165) is 37.8 Å². The summed E-state index contributed by atoms with van der Waals surface area (Å²) in [6, 6.07) is 4.96. The second-order valence-electron chi connectivity index (χ2n) is 4.46. The van der Waals surface area contributed by atoms with Crippen LogP contribution in [-0.2, 0) is 0 Å². The molecule has 0 fully saturated rings. The predicted octanol–water partition coefficient (Wildman–Crippen LogP) is 1.95. The van der Waals surface area contributed by atoms with E-state index >= 15 is 0 Å². The third kappa shape index (κ3) is 4.75. The maximum Gasteiger partial charge on any atom is 0.251 e. The van der Waals surface area contributed by atoms with Crippen LogP contribution < -0.4 is 11.1 Å². The van der Waals surface area contributed by atoms with Gasteiger partial charge < -0.3 is 16.2 Å². The molecule has 0 atom stereocenters. The van der Waals surface area contributed by atoms with Gasteiger partial charge >= 0.3 is 0 Å². The van der Waals surface area contributed by atoms with Gasteiger partial charge in [-0.1, -0.05) is 18.9 Å². The predicted molar refractivity (Wildman–Crippen MR) is 72.7 cm³/mol. The number of nitrogens with one attached hydrogen (secondary N) is 1. The molecule has 100 valence electrons. The fraction of sp³-hybridized carbons (Fsp3) is 0.500. The Morgan fingerprint density at radius 2 is 2.00 bits per heavy atom. The number of carbonyl (C=O) groups excluding carboxylic acids is 1. The molecule has 0 saturated heterocycles. The van der Waals surface area contributed by atoms with Gasteiger partial charge in [-0.15, -0.1) is 0 Å². The van der Waals surface area contributed by atoms with Crippen molar-refractivity contribution in [3.05, 3.63) is 29.3 Å². The molecule has 1 amide bonds. The first-order valence-electron chi connectivity index (χ1n) is 6.43. The Bertz CT molecular complexity index is 391. The number of hydrogen-bond donors (Lipinski definition) is 3. The maximum absolute atomic E-state index is 11.8. The molecule has 0 aliphatic carbocycles. The number of amides is 1. The zero-order valence-electron chi connectivity index (χ0n) is 10.9. The van der Waals surface area contributed by atoms with Crippen molar-refractivity contribution in [2.24, 2.45) is 5.73 Å². The summed E-state index contributed by atoms with van der Waals surface area (Å²) < 4.78 is 0. The number of nitrogens with two attached hydrogens (primary N) is 1. The van der Waals surface area contributed by atoms with Crippen molar-refractivity contribution in [2.75, 3.05) is 13.1 Å². The minimum atomic E-state index is -0.135. The van der Waals surface area contributed by atoms with E-state index in [2.05, 4.69) is 5.32 Å². The van der Waals surface area contributed by atoms with Crippen LogP contribution in [0.5, 0.6) is 5.75 Å². The Kier molecular flexibility index (Phi) is 6.22. The van der Waals surface area contributed by atoms with Crippen LogP contribution in [0, 0.1) is 6.92 Å². The molecule has 0 unspecified atom stereocenters. The molecule has 0 aliphatic heterocycles. The third-order valence-electron chi connectivity index (χ3n) is 2.89. The fourth-order valence-electron chi connectivity index (χ4n) is 1.68. The molecule has 1 rings (SSSR count). The number of aryl methyl sites for hydroxylation is 1. The SMILES string of the molecule is Cc1ccc(C(=O)NCCCCCCN)cc1O. The Morgan fingerprint density at radius 3 is 2.67 bits per heavy atom. The average molecular weight is 250 g/mol. The van der Waals surface area contributed by atoms with E-state index in [9.17, 15) is 9.90 Å². The molecular formula is C14H22N2O2. The second-order valence-corrected chi connectivity index (χ2v) is 4.46. The average Bonchev–Trinajstić information content (AvgIpc) is 2.36. The minimum absolute atomic E-state index is 0.135. The highest BCUT2D eigenvalue weighted by Gasteiger charge is 2.06. The van der Waals surface area contributed by atoms with E-state index in [0.29, 0.717) is 12.1 Å². The Hall–Kier alpha value is -1.55. The molecule has 0 bridgehead atoms. The summed E-state index contributed by atoms with van der Waals surface area (Å²) >= 11 is 0. The lowest BCUT2D eigenvalue weighted by Crippen LogP contribution is -2.24. The molecule has 1 aromatic carbocycles. The molecule has 0 heterocycles. The molecule has 0 aliphatic rings. The van der Waals surface area contributed by atoms with Crippen molar-refractivity contribution in [1.29, 1.82) is 0 Å².